The lowest BCUT2D eigenvalue weighted by Gasteiger charge is -2.11. The molecule has 0 spiro atoms. The molecule has 0 saturated carbocycles. The second-order valence-corrected chi connectivity index (χ2v) is 3.79. The fourth-order valence-electron chi connectivity index (χ4n) is 1.66. The van der Waals surface area contributed by atoms with Crippen LogP contribution >= 0.6 is 0 Å². The Hall–Kier alpha value is -1.71. The van der Waals surface area contributed by atoms with E-state index in [1.165, 1.54) is 5.56 Å². The SMILES string of the molecule is COc1cc(C)c(CCNC(N)=O)cc1C. The molecule has 0 aliphatic rings. The molecule has 0 heterocycles. The third-order valence-corrected chi connectivity index (χ3v) is 2.55. The van der Waals surface area contributed by atoms with Crippen LogP contribution in [0.4, 0.5) is 4.79 Å². The first kappa shape index (κ1) is 12.4. The Labute approximate surface area is 95.8 Å². The molecule has 0 radical (unpaired) electrons. The van der Waals surface area contributed by atoms with E-state index >= 15 is 0 Å². The van der Waals surface area contributed by atoms with Crippen molar-refractivity contribution < 1.29 is 9.53 Å². The first-order chi connectivity index (χ1) is 7.54. The molecule has 88 valence electrons. The van der Waals surface area contributed by atoms with E-state index in [1.807, 2.05) is 19.9 Å². The van der Waals surface area contributed by atoms with Gasteiger partial charge in [0, 0.05) is 6.54 Å². The number of ether oxygens (including phenoxy) is 1. The normalized spacial score (nSPS) is 9.94. The average Bonchev–Trinajstić information content (AvgIpc) is 2.22. The number of aryl methyl sites for hydroxylation is 2. The number of urea groups is 1. The van der Waals surface area contributed by atoms with Gasteiger partial charge in [0.2, 0.25) is 0 Å². The molecule has 2 amide bonds. The largest absolute Gasteiger partial charge is 0.496 e. The fourth-order valence-corrected chi connectivity index (χ4v) is 1.66. The predicted octanol–water partition coefficient (Wildman–Crippen LogP) is 1.52. The number of nitrogens with two attached hydrogens (primary N) is 1. The molecule has 0 aliphatic carbocycles. The van der Waals surface area contributed by atoms with Gasteiger partial charge in [-0.05, 0) is 43.0 Å². The molecule has 0 aromatic heterocycles. The first-order valence-corrected chi connectivity index (χ1v) is 5.22. The number of carbonyl (C=O) groups excluding carboxylic acids is 1. The predicted molar refractivity (Wildman–Crippen MR) is 63.8 cm³/mol. The van der Waals surface area contributed by atoms with Crippen LogP contribution < -0.4 is 15.8 Å². The number of amides is 2. The molecular formula is C12H18N2O2. The third kappa shape index (κ3) is 3.15. The van der Waals surface area contributed by atoms with E-state index in [4.69, 9.17) is 10.5 Å². The van der Waals surface area contributed by atoms with Gasteiger partial charge in [-0.3, -0.25) is 0 Å². The molecule has 3 N–H and O–H groups in total. The molecule has 1 aromatic carbocycles. The maximum Gasteiger partial charge on any atom is 0.312 e. The summed E-state index contributed by atoms with van der Waals surface area (Å²) in [6.07, 6.45) is 0.777. The summed E-state index contributed by atoms with van der Waals surface area (Å²) >= 11 is 0. The molecular weight excluding hydrogens is 204 g/mol. The van der Waals surface area contributed by atoms with Crippen LogP contribution in [-0.2, 0) is 6.42 Å². The van der Waals surface area contributed by atoms with Crippen LogP contribution in [0.1, 0.15) is 16.7 Å². The Kier molecular flexibility index (Phi) is 4.17. The second kappa shape index (κ2) is 5.39. The zero-order valence-electron chi connectivity index (χ0n) is 9.96. The van der Waals surface area contributed by atoms with Gasteiger partial charge in [-0.2, -0.15) is 0 Å². The maximum atomic E-state index is 10.5. The summed E-state index contributed by atoms with van der Waals surface area (Å²) in [5.74, 6) is 0.893. The summed E-state index contributed by atoms with van der Waals surface area (Å²) in [4.78, 5) is 10.5. The molecule has 0 fully saturated rings. The summed E-state index contributed by atoms with van der Waals surface area (Å²) in [7, 11) is 1.66. The number of benzene rings is 1. The zero-order valence-corrected chi connectivity index (χ0v) is 9.96. The van der Waals surface area contributed by atoms with Crippen molar-refractivity contribution in [1.82, 2.24) is 5.32 Å². The van der Waals surface area contributed by atoms with E-state index in [0.29, 0.717) is 6.54 Å². The summed E-state index contributed by atoms with van der Waals surface area (Å²) in [6, 6.07) is 3.61. The van der Waals surface area contributed by atoms with Crippen molar-refractivity contribution in [3.8, 4) is 5.75 Å². The van der Waals surface area contributed by atoms with Gasteiger partial charge in [0.15, 0.2) is 0 Å². The van der Waals surface area contributed by atoms with Crippen molar-refractivity contribution in [3.05, 3.63) is 28.8 Å². The third-order valence-electron chi connectivity index (χ3n) is 2.55. The number of carbonyl (C=O) groups is 1. The van der Waals surface area contributed by atoms with Gasteiger partial charge in [0.25, 0.3) is 0 Å². The fraction of sp³-hybridized carbons (Fsp3) is 0.417. The van der Waals surface area contributed by atoms with Crippen LogP contribution in [-0.4, -0.2) is 19.7 Å². The van der Waals surface area contributed by atoms with E-state index in [0.717, 1.165) is 23.3 Å². The van der Waals surface area contributed by atoms with Gasteiger partial charge in [-0.15, -0.1) is 0 Å². The molecule has 4 nitrogen and oxygen atoms in total. The number of primary amides is 1. The standard InChI is InChI=1S/C12H18N2O2/c1-8-7-11(16-3)9(2)6-10(8)4-5-14-12(13)15/h6-7H,4-5H2,1-3H3,(H3,13,14,15). The van der Waals surface area contributed by atoms with Crippen molar-refractivity contribution in [2.24, 2.45) is 5.73 Å². The molecule has 1 rings (SSSR count). The highest BCUT2D eigenvalue weighted by molar-refractivity contribution is 5.71. The number of nitrogens with one attached hydrogen (secondary N) is 1. The second-order valence-electron chi connectivity index (χ2n) is 3.79. The van der Waals surface area contributed by atoms with Crippen molar-refractivity contribution in [2.75, 3.05) is 13.7 Å². The highest BCUT2D eigenvalue weighted by Crippen LogP contribution is 2.22. The zero-order chi connectivity index (χ0) is 12.1. The van der Waals surface area contributed by atoms with Gasteiger partial charge in [-0.25, -0.2) is 4.79 Å². The van der Waals surface area contributed by atoms with Gasteiger partial charge in [0.05, 0.1) is 7.11 Å². The van der Waals surface area contributed by atoms with E-state index < -0.39 is 6.03 Å². The minimum absolute atomic E-state index is 0.483. The lowest BCUT2D eigenvalue weighted by atomic mass is 10.0. The topological polar surface area (TPSA) is 64.3 Å². The Bertz CT molecular complexity index is 389. The number of rotatable bonds is 4. The molecule has 4 heteroatoms. The quantitative estimate of drug-likeness (QED) is 0.811. The van der Waals surface area contributed by atoms with Crippen LogP contribution in [0, 0.1) is 13.8 Å². The van der Waals surface area contributed by atoms with Crippen molar-refractivity contribution in [1.29, 1.82) is 0 Å². The van der Waals surface area contributed by atoms with Gasteiger partial charge in [-0.1, -0.05) is 6.07 Å². The monoisotopic (exact) mass is 222 g/mol. The molecule has 16 heavy (non-hydrogen) atoms. The Morgan fingerprint density at radius 3 is 2.62 bits per heavy atom. The highest BCUT2D eigenvalue weighted by Gasteiger charge is 2.04. The Balaban J connectivity index is 2.73. The van der Waals surface area contributed by atoms with E-state index in [2.05, 4.69) is 11.4 Å². The van der Waals surface area contributed by atoms with Crippen molar-refractivity contribution in [2.45, 2.75) is 20.3 Å². The molecule has 0 atom stereocenters. The number of hydrogen-bond acceptors (Lipinski definition) is 2. The van der Waals surface area contributed by atoms with E-state index in [-0.39, 0.29) is 0 Å². The van der Waals surface area contributed by atoms with Crippen molar-refractivity contribution >= 4 is 6.03 Å². The molecule has 1 aromatic rings. The smallest absolute Gasteiger partial charge is 0.312 e. The van der Waals surface area contributed by atoms with Crippen LogP contribution in [0.15, 0.2) is 12.1 Å². The summed E-state index contributed by atoms with van der Waals surface area (Å²) in [6.45, 7) is 4.59. The van der Waals surface area contributed by atoms with E-state index in [1.54, 1.807) is 7.11 Å². The van der Waals surface area contributed by atoms with Crippen LogP contribution in [0.25, 0.3) is 0 Å². The number of methoxy groups -OCH3 is 1. The van der Waals surface area contributed by atoms with Gasteiger partial charge < -0.3 is 15.8 Å². The van der Waals surface area contributed by atoms with Crippen LogP contribution in [0.5, 0.6) is 5.75 Å². The van der Waals surface area contributed by atoms with E-state index in [9.17, 15) is 4.79 Å². The molecule has 0 aliphatic heterocycles. The average molecular weight is 222 g/mol. The molecule has 0 unspecified atom stereocenters. The molecule has 0 bridgehead atoms. The summed E-state index contributed by atoms with van der Waals surface area (Å²) < 4.78 is 5.23. The molecule has 0 saturated heterocycles. The minimum atomic E-state index is -0.483. The maximum absolute atomic E-state index is 10.5. The van der Waals surface area contributed by atoms with Crippen LogP contribution in [0.3, 0.4) is 0 Å². The minimum Gasteiger partial charge on any atom is -0.496 e. The number of hydrogen-bond donors (Lipinski definition) is 2. The lowest BCUT2D eigenvalue weighted by molar-refractivity contribution is 0.249. The van der Waals surface area contributed by atoms with Crippen LogP contribution in [0.2, 0.25) is 0 Å². The lowest BCUT2D eigenvalue weighted by Crippen LogP contribution is -2.31. The Morgan fingerprint density at radius 2 is 2.06 bits per heavy atom. The summed E-state index contributed by atoms with van der Waals surface area (Å²) in [5, 5.41) is 2.58. The highest BCUT2D eigenvalue weighted by atomic mass is 16.5. The summed E-state index contributed by atoms with van der Waals surface area (Å²) in [5.41, 5.74) is 8.46. The van der Waals surface area contributed by atoms with Gasteiger partial charge >= 0.3 is 6.03 Å². The Morgan fingerprint density at radius 1 is 1.38 bits per heavy atom. The van der Waals surface area contributed by atoms with Crippen molar-refractivity contribution in [3.63, 3.8) is 0 Å². The van der Waals surface area contributed by atoms with Gasteiger partial charge in [0.1, 0.15) is 5.75 Å². The first-order valence-electron chi connectivity index (χ1n) is 5.22.